The molecule has 0 aromatic carbocycles. The molecule has 2 heterocycles. The zero-order valence-electron chi connectivity index (χ0n) is 11.8. The van der Waals surface area contributed by atoms with Crippen molar-refractivity contribution in [3.05, 3.63) is 22.8 Å². The summed E-state index contributed by atoms with van der Waals surface area (Å²) in [4.78, 5) is 9.45. The van der Waals surface area contributed by atoms with E-state index in [-0.39, 0.29) is 6.10 Å². The molecule has 1 atom stereocenters. The number of nitrogens with zero attached hydrogens (tertiary/aromatic N) is 2. The molecule has 1 N–H and O–H groups in total. The largest absolute Gasteiger partial charge is 0.373 e. The molecule has 0 amide bonds. The molecule has 0 bridgehead atoms. The Bertz CT molecular complexity index is 400. The van der Waals surface area contributed by atoms with E-state index in [1.54, 1.807) is 7.11 Å². The molecule has 1 aliphatic heterocycles. The minimum atomic E-state index is -0.0115. The van der Waals surface area contributed by atoms with Gasteiger partial charge in [-0.25, -0.2) is 9.97 Å². The van der Waals surface area contributed by atoms with E-state index in [1.807, 2.05) is 0 Å². The van der Waals surface area contributed by atoms with Crippen molar-refractivity contribution in [2.24, 2.45) is 5.92 Å². The fourth-order valence-corrected chi connectivity index (χ4v) is 2.55. The summed E-state index contributed by atoms with van der Waals surface area (Å²) in [5.41, 5.74) is 3.70. The van der Waals surface area contributed by atoms with Gasteiger partial charge in [0.2, 0.25) is 0 Å². The lowest BCUT2D eigenvalue weighted by molar-refractivity contribution is 0.0570. The number of rotatable bonds is 4. The maximum atomic E-state index is 5.54. The predicted molar refractivity (Wildman–Crippen MR) is 71.4 cm³/mol. The third-order valence-electron chi connectivity index (χ3n) is 3.49. The van der Waals surface area contributed by atoms with Crippen LogP contribution in [0.2, 0.25) is 0 Å². The van der Waals surface area contributed by atoms with Crippen LogP contribution in [0.25, 0.3) is 0 Å². The number of fused-ring (bicyclic) bond motifs is 1. The second-order valence-electron chi connectivity index (χ2n) is 5.13. The Morgan fingerprint density at radius 1 is 1.33 bits per heavy atom. The number of aromatic nitrogens is 2. The Kier molecular flexibility index (Phi) is 4.30. The van der Waals surface area contributed by atoms with Crippen LogP contribution in [-0.4, -0.2) is 23.6 Å². The molecule has 100 valence electrons. The highest BCUT2D eigenvalue weighted by molar-refractivity contribution is 5.29. The number of hydrogen-bond donors (Lipinski definition) is 1. The molecule has 0 spiro atoms. The number of methoxy groups -OCH3 is 1. The van der Waals surface area contributed by atoms with Crippen LogP contribution in [0.4, 0.5) is 0 Å². The Labute approximate surface area is 109 Å². The lowest BCUT2D eigenvalue weighted by Gasteiger charge is -2.23. The van der Waals surface area contributed by atoms with Crippen LogP contribution in [-0.2, 0) is 24.1 Å². The number of nitrogens with one attached hydrogen (secondary N) is 1. The van der Waals surface area contributed by atoms with E-state index in [0.717, 1.165) is 37.4 Å². The van der Waals surface area contributed by atoms with Crippen molar-refractivity contribution in [3.63, 3.8) is 0 Å². The van der Waals surface area contributed by atoms with E-state index in [0.29, 0.717) is 5.92 Å². The van der Waals surface area contributed by atoms with Gasteiger partial charge in [0.15, 0.2) is 5.82 Å². The fraction of sp³-hybridized carbons (Fsp3) is 0.714. The van der Waals surface area contributed by atoms with Crippen molar-refractivity contribution >= 4 is 0 Å². The van der Waals surface area contributed by atoms with Gasteiger partial charge in [-0.3, -0.25) is 0 Å². The summed E-state index contributed by atoms with van der Waals surface area (Å²) < 4.78 is 5.54. The molecule has 4 nitrogen and oxygen atoms in total. The molecule has 1 unspecified atom stereocenters. The first-order valence-electron chi connectivity index (χ1n) is 6.79. The molecule has 1 aromatic heterocycles. The predicted octanol–water partition coefficient (Wildman–Crippen LogP) is 2.03. The molecule has 1 aromatic rings. The molecule has 2 rings (SSSR count). The molecule has 0 saturated heterocycles. The van der Waals surface area contributed by atoms with Crippen molar-refractivity contribution in [1.29, 1.82) is 0 Å². The van der Waals surface area contributed by atoms with Crippen molar-refractivity contribution in [2.45, 2.75) is 46.3 Å². The standard InChI is InChI=1S/C14H23N3O/c1-5-11-10-6-7-15-8-12(10)17-14(16-11)13(18-4)9(2)3/h9,13,15H,5-8H2,1-4H3. The van der Waals surface area contributed by atoms with Crippen molar-refractivity contribution < 1.29 is 4.74 Å². The van der Waals surface area contributed by atoms with E-state index >= 15 is 0 Å². The molecule has 0 saturated carbocycles. The molecule has 0 radical (unpaired) electrons. The summed E-state index contributed by atoms with van der Waals surface area (Å²) in [6.45, 7) is 8.32. The Morgan fingerprint density at radius 3 is 2.72 bits per heavy atom. The fourth-order valence-electron chi connectivity index (χ4n) is 2.55. The van der Waals surface area contributed by atoms with E-state index in [2.05, 4.69) is 26.1 Å². The van der Waals surface area contributed by atoms with Crippen LogP contribution < -0.4 is 5.32 Å². The first-order valence-corrected chi connectivity index (χ1v) is 6.79. The topological polar surface area (TPSA) is 47.0 Å². The molecule has 18 heavy (non-hydrogen) atoms. The van der Waals surface area contributed by atoms with E-state index in [4.69, 9.17) is 14.7 Å². The van der Waals surface area contributed by atoms with Gasteiger partial charge in [-0.05, 0) is 30.9 Å². The monoisotopic (exact) mass is 249 g/mol. The summed E-state index contributed by atoms with van der Waals surface area (Å²) in [5.74, 6) is 1.22. The van der Waals surface area contributed by atoms with Gasteiger partial charge in [0.05, 0.1) is 5.69 Å². The average molecular weight is 249 g/mol. The number of aryl methyl sites for hydroxylation is 1. The van der Waals surface area contributed by atoms with Gasteiger partial charge in [-0.2, -0.15) is 0 Å². The summed E-state index contributed by atoms with van der Waals surface area (Å²) in [5, 5.41) is 3.37. The quantitative estimate of drug-likeness (QED) is 0.887. The number of ether oxygens (including phenoxy) is 1. The van der Waals surface area contributed by atoms with E-state index in [9.17, 15) is 0 Å². The smallest absolute Gasteiger partial charge is 0.157 e. The second kappa shape index (κ2) is 5.76. The maximum Gasteiger partial charge on any atom is 0.157 e. The molecule has 4 heteroatoms. The summed E-state index contributed by atoms with van der Waals surface area (Å²) in [6.07, 6.45) is 1.99. The first-order chi connectivity index (χ1) is 8.67. The van der Waals surface area contributed by atoms with Gasteiger partial charge < -0.3 is 10.1 Å². The molecular formula is C14H23N3O. The third kappa shape index (κ3) is 2.54. The van der Waals surface area contributed by atoms with Crippen molar-refractivity contribution in [3.8, 4) is 0 Å². The zero-order chi connectivity index (χ0) is 13.1. The van der Waals surface area contributed by atoms with Crippen LogP contribution in [0, 0.1) is 5.92 Å². The molecule has 0 aliphatic carbocycles. The van der Waals surface area contributed by atoms with Crippen LogP contribution in [0.3, 0.4) is 0 Å². The Hall–Kier alpha value is -1.00. The van der Waals surface area contributed by atoms with E-state index < -0.39 is 0 Å². The second-order valence-corrected chi connectivity index (χ2v) is 5.13. The lowest BCUT2D eigenvalue weighted by atomic mass is 10.0. The SMILES string of the molecule is CCc1nc(C(OC)C(C)C)nc2c1CCNC2. The minimum Gasteiger partial charge on any atom is -0.373 e. The van der Waals surface area contributed by atoms with Crippen molar-refractivity contribution in [1.82, 2.24) is 15.3 Å². The van der Waals surface area contributed by atoms with Crippen LogP contribution in [0.1, 0.15) is 49.7 Å². The zero-order valence-corrected chi connectivity index (χ0v) is 11.8. The third-order valence-corrected chi connectivity index (χ3v) is 3.49. The highest BCUT2D eigenvalue weighted by atomic mass is 16.5. The highest BCUT2D eigenvalue weighted by Crippen LogP contribution is 2.25. The van der Waals surface area contributed by atoms with Gasteiger partial charge >= 0.3 is 0 Å². The average Bonchev–Trinajstić information content (AvgIpc) is 2.38. The van der Waals surface area contributed by atoms with Crippen molar-refractivity contribution in [2.75, 3.05) is 13.7 Å². The summed E-state index contributed by atoms with van der Waals surface area (Å²) >= 11 is 0. The van der Waals surface area contributed by atoms with Crippen LogP contribution >= 0.6 is 0 Å². The normalized spacial score (nSPS) is 16.7. The van der Waals surface area contributed by atoms with Gasteiger partial charge in [-0.1, -0.05) is 20.8 Å². The van der Waals surface area contributed by atoms with E-state index in [1.165, 1.54) is 11.3 Å². The molecule has 0 fully saturated rings. The maximum absolute atomic E-state index is 5.54. The molecule has 1 aliphatic rings. The molecular weight excluding hydrogens is 226 g/mol. The van der Waals surface area contributed by atoms with Gasteiger partial charge in [-0.15, -0.1) is 0 Å². The first kappa shape index (κ1) is 13.4. The van der Waals surface area contributed by atoms with Gasteiger partial charge in [0, 0.05) is 19.3 Å². The Balaban J connectivity index is 2.43. The van der Waals surface area contributed by atoms with Crippen LogP contribution in [0.15, 0.2) is 0 Å². The highest BCUT2D eigenvalue weighted by Gasteiger charge is 2.23. The lowest BCUT2D eigenvalue weighted by Crippen LogP contribution is -2.28. The van der Waals surface area contributed by atoms with Gasteiger partial charge in [0.1, 0.15) is 6.10 Å². The number of hydrogen-bond acceptors (Lipinski definition) is 4. The summed E-state index contributed by atoms with van der Waals surface area (Å²) in [7, 11) is 1.73. The van der Waals surface area contributed by atoms with Gasteiger partial charge in [0.25, 0.3) is 0 Å². The van der Waals surface area contributed by atoms with Crippen LogP contribution in [0.5, 0.6) is 0 Å². The minimum absolute atomic E-state index is 0.0115. The Morgan fingerprint density at radius 2 is 2.11 bits per heavy atom. The summed E-state index contributed by atoms with van der Waals surface area (Å²) in [6, 6.07) is 0.